The van der Waals surface area contributed by atoms with Crippen molar-refractivity contribution in [2.45, 2.75) is 96.4 Å². The molecule has 296 valence electrons. The summed E-state index contributed by atoms with van der Waals surface area (Å²) in [7, 11) is 1.83. The van der Waals surface area contributed by atoms with E-state index < -0.39 is 17.9 Å². The Morgan fingerprint density at radius 2 is 1.59 bits per heavy atom. The van der Waals surface area contributed by atoms with Gasteiger partial charge in [-0.25, -0.2) is 5.43 Å². The molecule has 1 aliphatic carbocycles. The molecule has 0 unspecified atom stereocenters. The lowest BCUT2D eigenvalue weighted by molar-refractivity contribution is -0.129. The van der Waals surface area contributed by atoms with Gasteiger partial charge in [-0.2, -0.15) is 10.2 Å². The third kappa shape index (κ3) is 12.4. The van der Waals surface area contributed by atoms with Crippen LogP contribution in [0.3, 0.4) is 0 Å². The van der Waals surface area contributed by atoms with Gasteiger partial charge in [0, 0.05) is 47.4 Å². The minimum atomic E-state index is -0.799. The maximum atomic E-state index is 13.9. The van der Waals surface area contributed by atoms with Crippen LogP contribution < -0.4 is 21.4 Å². The second kappa shape index (κ2) is 21.9. The number of hydrazone groups is 1. The van der Waals surface area contributed by atoms with Gasteiger partial charge in [0.25, 0.3) is 5.91 Å². The zero-order chi connectivity index (χ0) is 39.5. The Bertz CT molecular complexity index is 1990. The average molecular weight is 761 g/mol. The minimum Gasteiger partial charge on any atom is -0.354 e. The number of carbonyl (C=O) groups is 4. The highest BCUT2D eigenvalue weighted by Crippen LogP contribution is 2.35. The molecule has 4 amide bonds. The van der Waals surface area contributed by atoms with Gasteiger partial charge in [-0.05, 0) is 75.8 Å². The average Bonchev–Trinajstić information content (AvgIpc) is 3.75. The van der Waals surface area contributed by atoms with E-state index in [0.29, 0.717) is 35.0 Å². The number of amides is 4. The fraction of sp³-hybridized carbons (Fsp3) is 0.409. The Morgan fingerprint density at radius 1 is 0.911 bits per heavy atom. The quantitative estimate of drug-likeness (QED) is 0.0589. The smallest absolute Gasteiger partial charge is 0.272 e. The van der Waals surface area contributed by atoms with Gasteiger partial charge in [0.05, 0.1) is 30.2 Å². The molecule has 2 aliphatic rings. The molecule has 1 aliphatic heterocycles. The summed E-state index contributed by atoms with van der Waals surface area (Å²) in [6.45, 7) is 1.93. The van der Waals surface area contributed by atoms with E-state index in [4.69, 9.17) is 0 Å². The number of nitrogens with one attached hydrogen (secondary N) is 5. The predicted molar refractivity (Wildman–Crippen MR) is 224 cm³/mol. The summed E-state index contributed by atoms with van der Waals surface area (Å²) in [6, 6.07) is 2.62. The first-order valence-corrected chi connectivity index (χ1v) is 20.0. The largest absolute Gasteiger partial charge is 0.354 e. The highest BCUT2D eigenvalue weighted by Gasteiger charge is 2.32. The molecule has 12 nitrogen and oxygen atoms in total. The van der Waals surface area contributed by atoms with Crippen LogP contribution in [-0.2, 0) is 21.4 Å². The summed E-state index contributed by atoms with van der Waals surface area (Å²) in [4.78, 5) is 56.0. The van der Waals surface area contributed by atoms with Crippen LogP contribution in [0.25, 0.3) is 22.2 Å². The summed E-state index contributed by atoms with van der Waals surface area (Å²) in [5, 5.41) is 17.7. The van der Waals surface area contributed by atoms with Gasteiger partial charge in [-0.15, -0.1) is 0 Å². The van der Waals surface area contributed by atoms with Crippen LogP contribution in [0.2, 0.25) is 0 Å². The number of rotatable bonds is 20. The zero-order valence-electron chi connectivity index (χ0n) is 32.7. The highest BCUT2D eigenvalue weighted by molar-refractivity contribution is 6.18. The number of nitrogens with zero attached hydrogens (tertiary/aromatic N) is 3. The maximum Gasteiger partial charge on any atom is 0.272 e. The molecule has 5 N–H and O–H groups in total. The van der Waals surface area contributed by atoms with Crippen LogP contribution in [-0.4, -0.2) is 57.2 Å². The van der Waals surface area contributed by atoms with Crippen LogP contribution in [0.4, 0.5) is 5.69 Å². The molecule has 0 bridgehead atoms. The molecule has 3 aromatic rings. The number of benzene rings is 1. The summed E-state index contributed by atoms with van der Waals surface area (Å²) in [5.74, 6) is -1.45. The number of H-pyrrole nitrogens is 1. The van der Waals surface area contributed by atoms with E-state index in [-0.39, 0.29) is 24.3 Å². The van der Waals surface area contributed by atoms with E-state index >= 15 is 0 Å². The van der Waals surface area contributed by atoms with Gasteiger partial charge >= 0.3 is 0 Å². The second-order valence-corrected chi connectivity index (χ2v) is 14.3. The van der Waals surface area contributed by atoms with Crippen molar-refractivity contribution < 1.29 is 19.2 Å². The molecule has 2 aromatic heterocycles. The van der Waals surface area contributed by atoms with Crippen LogP contribution >= 0.6 is 0 Å². The van der Waals surface area contributed by atoms with Gasteiger partial charge in [-0.3, -0.25) is 23.9 Å². The van der Waals surface area contributed by atoms with Gasteiger partial charge in [0.1, 0.15) is 6.04 Å². The molecule has 1 atom stereocenters. The topological polar surface area (TPSA) is 162 Å². The number of hydrogen-bond acceptors (Lipinski definition) is 6. The lowest BCUT2D eigenvalue weighted by Gasteiger charge is -2.30. The summed E-state index contributed by atoms with van der Waals surface area (Å²) in [5.41, 5.74) is 6.29. The van der Waals surface area contributed by atoms with E-state index in [0.717, 1.165) is 87.4 Å². The molecule has 56 heavy (non-hydrogen) atoms. The van der Waals surface area contributed by atoms with Crippen molar-refractivity contribution in [3.05, 3.63) is 96.4 Å². The van der Waals surface area contributed by atoms with E-state index in [1.807, 2.05) is 13.2 Å². The molecule has 12 heteroatoms. The second-order valence-electron chi connectivity index (χ2n) is 14.3. The maximum absolute atomic E-state index is 13.9. The highest BCUT2D eigenvalue weighted by atomic mass is 16.2. The Hall–Kier alpha value is -5.78. The predicted octanol–water partition coefficient (Wildman–Crippen LogP) is 7.69. The Kier molecular flexibility index (Phi) is 16.2. The fourth-order valence-electron chi connectivity index (χ4n) is 7.06. The first kappa shape index (κ1) is 41.4. The van der Waals surface area contributed by atoms with Crippen molar-refractivity contribution >= 4 is 46.4 Å². The van der Waals surface area contributed by atoms with Crippen molar-refractivity contribution in [3.8, 4) is 11.3 Å². The van der Waals surface area contributed by atoms with E-state index in [1.165, 1.54) is 0 Å². The zero-order valence-corrected chi connectivity index (χ0v) is 32.7. The molecule has 5 rings (SSSR count). The number of aryl methyl sites for hydroxylation is 1. The van der Waals surface area contributed by atoms with Crippen molar-refractivity contribution in [2.75, 3.05) is 11.9 Å². The lowest BCUT2D eigenvalue weighted by Crippen LogP contribution is -2.51. The van der Waals surface area contributed by atoms with Gasteiger partial charge in [0.2, 0.25) is 17.7 Å². The number of aromatic amines is 1. The molecule has 1 aromatic carbocycles. The van der Waals surface area contributed by atoms with Gasteiger partial charge in [-0.1, -0.05) is 86.9 Å². The van der Waals surface area contributed by atoms with E-state index in [9.17, 15) is 19.2 Å². The SMILES string of the molecule is CC/C=C\C/C=C\C/C=C\C/C=C\C/C=C\CCCC(=O)NCC(=O)N[C@@H](C(=O)Nc1cc2c3c(c(-c4cnn(C)c4)[nH]c3c1)C=NNC2=O)C1CCCCC1. The molecular weight excluding hydrogens is 705 g/mol. The Morgan fingerprint density at radius 3 is 2.25 bits per heavy atom. The normalized spacial score (nSPS) is 15.4. The van der Waals surface area contributed by atoms with E-state index in [1.54, 1.807) is 29.2 Å². The standard InChI is InChI=1S/C44H56N8O4/c1-3-4-5-6-7-8-9-10-11-12-13-14-15-16-17-18-22-25-38(53)45-30-39(54)50-42(32-23-20-19-21-24-32)44(56)48-34-26-35-40-36(29-46-51-43(35)55)41(49-37(40)27-34)33-28-47-52(2)31-33/h4-5,7-8,10-11,13-14,16-17,26-29,31-32,42,49H,3,6,9,12,15,18-25,30H2,1-2H3,(H,45,53)(H,48,56)(H,50,54)(H,51,55)/b5-4-,8-7-,11-10-,14-13-,17-16-/t42-/m1/s1. The molecule has 1 fully saturated rings. The summed E-state index contributed by atoms with van der Waals surface area (Å²) >= 11 is 0. The van der Waals surface area contributed by atoms with E-state index in [2.05, 4.69) is 104 Å². The lowest BCUT2D eigenvalue weighted by atomic mass is 9.83. The van der Waals surface area contributed by atoms with Gasteiger partial charge < -0.3 is 20.9 Å². The Balaban J connectivity index is 1.08. The molecule has 3 heterocycles. The number of anilines is 1. The first-order valence-electron chi connectivity index (χ1n) is 20.0. The first-order chi connectivity index (χ1) is 27.3. The van der Waals surface area contributed by atoms with Crippen molar-refractivity contribution in [1.29, 1.82) is 0 Å². The summed E-state index contributed by atoms with van der Waals surface area (Å²) < 4.78 is 1.69. The third-order valence-corrected chi connectivity index (χ3v) is 9.90. The molecule has 1 saturated carbocycles. The molecular formula is C44H56N8O4. The monoisotopic (exact) mass is 760 g/mol. The third-order valence-electron chi connectivity index (χ3n) is 9.90. The van der Waals surface area contributed by atoms with Crippen molar-refractivity contribution in [3.63, 3.8) is 0 Å². The number of hydrogen-bond donors (Lipinski definition) is 5. The van der Waals surface area contributed by atoms with Crippen molar-refractivity contribution in [2.24, 2.45) is 18.1 Å². The van der Waals surface area contributed by atoms with Crippen LogP contribution in [0.5, 0.6) is 0 Å². The number of allylic oxidation sites excluding steroid dienone is 10. The fourth-order valence-corrected chi connectivity index (χ4v) is 7.06. The molecule has 0 spiro atoms. The number of carbonyl (C=O) groups excluding carboxylic acids is 4. The molecule has 0 radical (unpaired) electrons. The number of aromatic nitrogens is 3. The van der Waals surface area contributed by atoms with Crippen LogP contribution in [0.1, 0.15) is 106 Å². The Labute approximate surface area is 329 Å². The summed E-state index contributed by atoms with van der Waals surface area (Å²) in [6.07, 6.45) is 37.9. The van der Waals surface area contributed by atoms with Crippen LogP contribution in [0.15, 0.2) is 90.4 Å². The van der Waals surface area contributed by atoms with Crippen LogP contribution in [0, 0.1) is 5.92 Å². The molecule has 0 saturated heterocycles. The van der Waals surface area contributed by atoms with Gasteiger partial charge in [0.15, 0.2) is 0 Å². The number of unbranched alkanes of at least 4 members (excludes halogenated alkanes) is 1. The minimum absolute atomic E-state index is 0.0527. The van der Waals surface area contributed by atoms with Crippen molar-refractivity contribution in [1.82, 2.24) is 30.8 Å².